The van der Waals surface area contributed by atoms with Gasteiger partial charge >= 0.3 is 0 Å². The Labute approximate surface area is 146 Å². The summed E-state index contributed by atoms with van der Waals surface area (Å²) in [4.78, 5) is 19.6. The van der Waals surface area contributed by atoms with E-state index in [0.29, 0.717) is 18.2 Å². The molecule has 0 aromatic carbocycles. The van der Waals surface area contributed by atoms with Crippen LogP contribution < -0.4 is 5.56 Å². The Kier molecular flexibility index (Phi) is 4.40. The van der Waals surface area contributed by atoms with Crippen molar-refractivity contribution in [2.45, 2.75) is 51.7 Å². The second-order valence-corrected chi connectivity index (χ2v) is 6.94. The van der Waals surface area contributed by atoms with Gasteiger partial charge < -0.3 is 4.42 Å². The summed E-state index contributed by atoms with van der Waals surface area (Å²) in [6.45, 7) is 3.41. The predicted molar refractivity (Wildman–Crippen MR) is 96.4 cm³/mol. The summed E-state index contributed by atoms with van der Waals surface area (Å²) in [5.41, 5.74) is 2.56. The van der Waals surface area contributed by atoms with Gasteiger partial charge in [-0.3, -0.25) is 14.1 Å². The second-order valence-electron chi connectivity index (χ2n) is 6.94. The van der Waals surface area contributed by atoms with Crippen molar-refractivity contribution in [2.75, 3.05) is 0 Å². The lowest BCUT2D eigenvalue weighted by Crippen LogP contribution is -2.33. The van der Waals surface area contributed by atoms with E-state index in [2.05, 4.69) is 4.90 Å². The van der Waals surface area contributed by atoms with Crippen LogP contribution in [0.15, 0.2) is 52.0 Å². The van der Waals surface area contributed by atoms with E-state index in [4.69, 9.17) is 9.40 Å². The van der Waals surface area contributed by atoms with E-state index in [1.165, 1.54) is 25.7 Å². The van der Waals surface area contributed by atoms with Gasteiger partial charge in [-0.1, -0.05) is 18.9 Å². The molecule has 0 aliphatic heterocycles. The van der Waals surface area contributed by atoms with Gasteiger partial charge in [-0.05, 0) is 43.5 Å². The van der Waals surface area contributed by atoms with Crippen LogP contribution in [-0.2, 0) is 13.1 Å². The zero-order valence-corrected chi connectivity index (χ0v) is 14.5. The summed E-state index contributed by atoms with van der Waals surface area (Å²) < 4.78 is 7.16. The Morgan fingerprint density at radius 3 is 2.84 bits per heavy atom. The highest BCUT2D eigenvalue weighted by atomic mass is 16.3. The molecule has 5 heteroatoms. The summed E-state index contributed by atoms with van der Waals surface area (Å²) in [6, 6.07) is 10.0. The van der Waals surface area contributed by atoms with Crippen LogP contribution in [0, 0.1) is 6.92 Å². The van der Waals surface area contributed by atoms with E-state index in [0.717, 1.165) is 23.6 Å². The van der Waals surface area contributed by atoms with E-state index < -0.39 is 0 Å². The lowest BCUT2D eigenvalue weighted by Gasteiger charge is -2.27. The molecule has 0 amide bonds. The van der Waals surface area contributed by atoms with Gasteiger partial charge in [0.1, 0.15) is 11.4 Å². The Bertz CT molecular complexity index is 908. The summed E-state index contributed by atoms with van der Waals surface area (Å²) in [5, 5.41) is 0. The van der Waals surface area contributed by atoms with Crippen molar-refractivity contribution in [3.8, 4) is 0 Å². The molecule has 1 aliphatic rings. The summed E-state index contributed by atoms with van der Waals surface area (Å²) >= 11 is 0. The third kappa shape index (κ3) is 3.51. The number of rotatable bonds is 5. The van der Waals surface area contributed by atoms with Crippen molar-refractivity contribution in [3.63, 3.8) is 0 Å². The van der Waals surface area contributed by atoms with Crippen LogP contribution in [0.1, 0.15) is 42.7 Å². The highest BCUT2D eigenvalue weighted by Gasteiger charge is 2.24. The molecule has 0 spiro atoms. The first kappa shape index (κ1) is 16.1. The number of nitrogens with zero attached hydrogens (tertiary/aromatic N) is 3. The van der Waals surface area contributed by atoms with Crippen LogP contribution in [0.25, 0.3) is 5.65 Å². The zero-order valence-electron chi connectivity index (χ0n) is 14.5. The molecular formula is C20H23N3O2. The predicted octanol–water partition coefficient (Wildman–Crippen LogP) is 3.54. The van der Waals surface area contributed by atoms with Crippen molar-refractivity contribution in [2.24, 2.45) is 0 Å². The van der Waals surface area contributed by atoms with Crippen molar-refractivity contribution < 1.29 is 4.42 Å². The third-order valence-electron chi connectivity index (χ3n) is 5.01. The summed E-state index contributed by atoms with van der Waals surface area (Å²) in [6.07, 6.45) is 8.49. The van der Waals surface area contributed by atoms with Crippen LogP contribution in [0.2, 0.25) is 0 Å². The molecule has 130 valence electrons. The van der Waals surface area contributed by atoms with Crippen molar-refractivity contribution in [1.29, 1.82) is 0 Å². The Hall–Kier alpha value is -2.40. The molecule has 4 rings (SSSR count). The van der Waals surface area contributed by atoms with Crippen LogP contribution >= 0.6 is 0 Å². The standard InChI is InChI=1S/C20H23N3O2/c1-15-8-9-19-21-16(11-20(24)23(19)12-15)13-22(17-5-2-3-6-17)14-18-7-4-10-25-18/h4,7-12,17H,2-3,5-6,13-14H2,1H3. The minimum absolute atomic E-state index is 0.0203. The molecule has 25 heavy (non-hydrogen) atoms. The van der Waals surface area contributed by atoms with Gasteiger partial charge in [0.05, 0.1) is 18.5 Å². The number of fused-ring (bicyclic) bond motifs is 1. The molecule has 0 radical (unpaired) electrons. The first-order valence-corrected chi connectivity index (χ1v) is 8.94. The molecule has 0 N–H and O–H groups in total. The molecule has 1 aliphatic carbocycles. The van der Waals surface area contributed by atoms with E-state index in [1.54, 1.807) is 16.7 Å². The second kappa shape index (κ2) is 6.84. The van der Waals surface area contributed by atoms with Gasteiger partial charge in [0.2, 0.25) is 0 Å². The van der Waals surface area contributed by atoms with Crippen LogP contribution in [0.4, 0.5) is 0 Å². The van der Waals surface area contributed by atoms with Crippen molar-refractivity contribution >= 4 is 5.65 Å². The van der Waals surface area contributed by atoms with Gasteiger partial charge in [-0.25, -0.2) is 4.98 Å². The van der Waals surface area contributed by atoms with Crippen LogP contribution in [0.3, 0.4) is 0 Å². The van der Waals surface area contributed by atoms with Crippen molar-refractivity contribution in [3.05, 3.63) is 70.2 Å². The monoisotopic (exact) mass is 337 g/mol. The maximum Gasteiger partial charge on any atom is 0.258 e. The zero-order chi connectivity index (χ0) is 17.2. The average Bonchev–Trinajstić information content (AvgIpc) is 3.28. The lowest BCUT2D eigenvalue weighted by molar-refractivity contribution is 0.165. The molecule has 1 fully saturated rings. The van der Waals surface area contributed by atoms with E-state index >= 15 is 0 Å². The molecule has 0 bridgehead atoms. The third-order valence-corrected chi connectivity index (χ3v) is 5.01. The smallest absolute Gasteiger partial charge is 0.258 e. The highest BCUT2D eigenvalue weighted by Crippen LogP contribution is 2.26. The van der Waals surface area contributed by atoms with E-state index in [-0.39, 0.29) is 5.56 Å². The van der Waals surface area contributed by atoms with Crippen molar-refractivity contribution in [1.82, 2.24) is 14.3 Å². The number of aryl methyl sites for hydroxylation is 1. The fourth-order valence-electron chi connectivity index (χ4n) is 3.73. The average molecular weight is 337 g/mol. The normalized spacial score (nSPS) is 15.4. The highest BCUT2D eigenvalue weighted by molar-refractivity contribution is 5.39. The molecule has 0 atom stereocenters. The van der Waals surface area contributed by atoms with Gasteiger partial charge in [0.15, 0.2) is 0 Å². The van der Waals surface area contributed by atoms with Crippen LogP contribution in [-0.4, -0.2) is 20.3 Å². The SMILES string of the molecule is Cc1ccc2nc(CN(Cc3ccco3)C3CCCC3)cc(=O)n2c1. The minimum Gasteiger partial charge on any atom is -0.468 e. The topological polar surface area (TPSA) is 50.8 Å². The molecule has 3 aromatic heterocycles. The van der Waals surface area contributed by atoms with E-state index in [1.807, 2.05) is 37.4 Å². The number of pyridine rings is 1. The molecule has 5 nitrogen and oxygen atoms in total. The van der Waals surface area contributed by atoms with Gasteiger partial charge in [-0.15, -0.1) is 0 Å². The van der Waals surface area contributed by atoms with Gasteiger partial charge in [0.25, 0.3) is 5.56 Å². The quantitative estimate of drug-likeness (QED) is 0.714. The largest absolute Gasteiger partial charge is 0.468 e. The van der Waals surface area contributed by atoms with Gasteiger partial charge in [-0.2, -0.15) is 0 Å². The molecule has 3 aromatic rings. The van der Waals surface area contributed by atoms with Crippen LogP contribution in [0.5, 0.6) is 0 Å². The first-order valence-electron chi connectivity index (χ1n) is 8.94. The Morgan fingerprint density at radius 1 is 1.24 bits per heavy atom. The van der Waals surface area contributed by atoms with Gasteiger partial charge in [0, 0.05) is 24.8 Å². The number of hydrogen-bond acceptors (Lipinski definition) is 4. The van der Waals surface area contributed by atoms with E-state index in [9.17, 15) is 4.79 Å². The molecule has 0 unspecified atom stereocenters. The summed E-state index contributed by atoms with van der Waals surface area (Å²) in [7, 11) is 0. The molecular weight excluding hydrogens is 314 g/mol. The number of aromatic nitrogens is 2. The fourth-order valence-corrected chi connectivity index (χ4v) is 3.73. The Balaban J connectivity index is 1.63. The first-order chi connectivity index (χ1) is 12.2. The number of furan rings is 1. The summed E-state index contributed by atoms with van der Waals surface area (Å²) in [5.74, 6) is 0.958. The number of hydrogen-bond donors (Lipinski definition) is 0. The lowest BCUT2D eigenvalue weighted by atomic mass is 10.2. The molecule has 0 saturated heterocycles. The fraction of sp³-hybridized carbons (Fsp3) is 0.400. The Morgan fingerprint density at radius 2 is 2.08 bits per heavy atom. The molecule has 3 heterocycles. The maximum absolute atomic E-state index is 12.5. The minimum atomic E-state index is -0.0203. The molecule has 1 saturated carbocycles. The maximum atomic E-state index is 12.5.